The van der Waals surface area contributed by atoms with E-state index in [-0.39, 0.29) is 6.10 Å². The van der Waals surface area contributed by atoms with Crippen LogP contribution in [0.3, 0.4) is 0 Å². The van der Waals surface area contributed by atoms with Crippen LogP contribution in [0, 0.1) is 0 Å². The highest BCUT2D eigenvalue weighted by Gasteiger charge is 1.93. The SMILES string of the molecule is CC(C=O)OC/C=C\I. The molecule has 0 aromatic heterocycles. The number of carbonyl (C=O) groups is 1. The Morgan fingerprint density at radius 1 is 1.78 bits per heavy atom. The van der Waals surface area contributed by atoms with Crippen molar-refractivity contribution in [3.8, 4) is 0 Å². The third-order valence-electron chi connectivity index (χ3n) is 0.736. The molecule has 0 saturated carbocycles. The van der Waals surface area contributed by atoms with E-state index in [0.717, 1.165) is 6.29 Å². The van der Waals surface area contributed by atoms with Crippen LogP contribution in [-0.2, 0) is 9.53 Å². The van der Waals surface area contributed by atoms with Crippen LogP contribution < -0.4 is 0 Å². The van der Waals surface area contributed by atoms with E-state index in [1.807, 2.05) is 10.2 Å². The quantitative estimate of drug-likeness (QED) is 0.550. The number of hydrogen-bond donors (Lipinski definition) is 0. The molecule has 0 amide bonds. The van der Waals surface area contributed by atoms with E-state index in [4.69, 9.17) is 4.74 Å². The van der Waals surface area contributed by atoms with Gasteiger partial charge in [-0.1, -0.05) is 28.7 Å². The third-order valence-corrected chi connectivity index (χ3v) is 1.24. The van der Waals surface area contributed by atoms with Gasteiger partial charge in [0.25, 0.3) is 0 Å². The number of hydrogen-bond acceptors (Lipinski definition) is 2. The molecule has 0 N–H and O–H groups in total. The summed E-state index contributed by atoms with van der Waals surface area (Å²) in [5, 5.41) is 0. The van der Waals surface area contributed by atoms with Gasteiger partial charge in [-0.3, -0.25) is 0 Å². The number of ether oxygens (including phenoxy) is 1. The monoisotopic (exact) mass is 240 g/mol. The van der Waals surface area contributed by atoms with Crippen LogP contribution in [-0.4, -0.2) is 19.0 Å². The molecule has 0 aliphatic carbocycles. The molecular weight excluding hydrogens is 231 g/mol. The summed E-state index contributed by atoms with van der Waals surface area (Å²) in [5.74, 6) is 0. The van der Waals surface area contributed by atoms with Gasteiger partial charge in [-0.15, -0.1) is 0 Å². The first kappa shape index (κ1) is 9.10. The van der Waals surface area contributed by atoms with Gasteiger partial charge in [0.15, 0.2) is 0 Å². The Labute approximate surface area is 68.4 Å². The molecule has 0 aliphatic rings. The predicted octanol–water partition coefficient (Wildman–Crippen LogP) is 1.54. The number of rotatable bonds is 4. The molecular formula is C6H9IO2. The lowest BCUT2D eigenvalue weighted by Crippen LogP contribution is -2.08. The van der Waals surface area contributed by atoms with Gasteiger partial charge in [-0.05, 0) is 11.0 Å². The molecule has 0 aliphatic heterocycles. The van der Waals surface area contributed by atoms with Crippen LogP contribution in [0.2, 0.25) is 0 Å². The van der Waals surface area contributed by atoms with Crippen LogP contribution >= 0.6 is 22.6 Å². The van der Waals surface area contributed by atoms with Crippen molar-refractivity contribution in [3.05, 3.63) is 10.2 Å². The zero-order valence-corrected chi connectivity index (χ0v) is 7.37. The number of halogens is 1. The molecule has 9 heavy (non-hydrogen) atoms. The second-order valence-electron chi connectivity index (χ2n) is 1.54. The lowest BCUT2D eigenvalue weighted by molar-refractivity contribution is -0.116. The average molecular weight is 240 g/mol. The molecule has 0 radical (unpaired) electrons. The van der Waals surface area contributed by atoms with E-state index in [0.29, 0.717) is 6.61 Å². The summed E-state index contributed by atoms with van der Waals surface area (Å²) in [4.78, 5) is 9.95. The van der Waals surface area contributed by atoms with Crippen molar-refractivity contribution in [2.75, 3.05) is 6.61 Å². The highest BCUT2D eigenvalue weighted by Crippen LogP contribution is 1.88. The smallest absolute Gasteiger partial charge is 0.148 e. The maximum Gasteiger partial charge on any atom is 0.148 e. The van der Waals surface area contributed by atoms with Crippen molar-refractivity contribution in [2.24, 2.45) is 0 Å². The fraction of sp³-hybridized carbons (Fsp3) is 0.500. The number of aldehydes is 1. The lowest BCUT2D eigenvalue weighted by Gasteiger charge is -2.00. The zero-order chi connectivity index (χ0) is 7.11. The molecule has 52 valence electrons. The van der Waals surface area contributed by atoms with Crippen molar-refractivity contribution in [1.82, 2.24) is 0 Å². The van der Waals surface area contributed by atoms with E-state index in [2.05, 4.69) is 22.6 Å². The molecule has 1 unspecified atom stereocenters. The Morgan fingerprint density at radius 2 is 2.44 bits per heavy atom. The van der Waals surface area contributed by atoms with Gasteiger partial charge < -0.3 is 9.53 Å². The van der Waals surface area contributed by atoms with Gasteiger partial charge >= 0.3 is 0 Å². The summed E-state index contributed by atoms with van der Waals surface area (Å²) < 4.78 is 6.83. The van der Waals surface area contributed by atoms with Crippen LogP contribution in [0.1, 0.15) is 6.92 Å². The first-order valence-corrected chi connectivity index (χ1v) is 3.88. The topological polar surface area (TPSA) is 26.3 Å². The van der Waals surface area contributed by atoms with Crippen LogP contribution in [0.25, 0.3) is 0 Å². The van der Waals surface area contributed by atoms with Crippen molar-refractivity contribution in [1.29, 1.82) is 0 Å². The normalized spacial score (nSPS) is 14.0. The molecule has 0 heterocycles. The molecule has 0 bridgehead atoms. The summed E-state index contributed by atoms with van der Waals surface area (Å²) in [6.45, 7) is 2.23. The maximum atomic E-state index is 9.95. The van der Waals surface area contributed by atoms with Gasteiger partial charge in [0.2, 0.25) is 0 Å². The Balaban J connectivity index is 3.16. The van der Waals surface area contributed by atoms with E-state index >= 15 is 0 Å². The molecule has 3 heteroatoms. The fourth-order valence-electron chi connectivity index (χ4n) is 0.283. The second kappa shape index (κ2) is 6.22. The standard InChI is InChI=1S/C6H9IO2/c1-6(5-8)9-4-2-3-7/h2-3,5-6H,4H2,1H3/b3-2-. The van der Waals surface area contributed by atoms with Crippen LogP contribution in [0.15, 0.2) is 10.2 Å². The lowest BCUT2D eigenvalue weighted by atomic mass is 10.5. The Bertz CT molecular complexity index is 101. The molecule has 0 aromatic rings. The van der Waals surface area contributed by atoms with Crippen LogP contribution in [0.5, 0.6) is 0 Å². The van der Waals surface area contributed by atoms with Gasteiger partial charge in [0.1, 0.15) is 12.4 Å². The largest absolute Gasteiger partial charge is 0.367 e. The van der Waals surface area contributed by atoms with E-state index in [1.54, 1.807) is 6.92 Å². The second-order valence-corrected chi connectivity index (χ2v) is 2.26. The Hall–Kier alpha value is 0.100. The van der Waals surface area contributed by atoms with Crippen molar-refractivity contribution in [2.45, 2.75) is 13.0 Å². The highest BCUT2D eigenvalue weighted by molar-refractivity contribution is 14.1. The molecule has 0 fully saturated rings. The van der Waals surface area contributed by atoms with Crippen LogP contribution in [0.4, 0.5) is 0 Å². The van der Waals surface area contributed by atoms with E-state index in [1.165, 1.54) is 0 Å². The highest BCUT2D eigenvalue weighted by atomic mass is 127. The minimum Gasteiger partial charge on any atom is -0.367 e. The maximum absolute atomic E-state index is 9.95. The first-order valence-electron chi connectivity index (χ1n) is 2.63. The predicted molar refractivity (Wildman–Crippen MR) is 44.6 cm³/mol. The molecule has 2 nitrogen and oxygen atoms in total. The van der Waals surface area contributed by atoms with Crippen molar-refractivity contribution >= 4 is 28.9 Å². The molecule has 1 atom stereocenters. The summed E-state index contributed by atoms with van der Waals surface area (Å²) >= 11 is 2.10. The minimum absolute atomic E-state index is 0.280. The van der Waals surface area contributed by atoms with E-state index < -0.39 is 0 Å². The summed E-state index contributed by atoms with van der Waals surface area (Å²) in [7, 11) is 0. The fourth-order valence-corrected chi connectivity index (χ4v) is 0.491. The third kappa shape index (κ3) is 5.98. The summed E-state index contributed by atoms with van der Waals surface area (Å²) in [6.07, 6.45) is 2.35. The Morgan fingerprint density at radius 3 is 2.89 bits per heavy atom. The molecule has 0 spiro atoms. The number of carbonyl (C=O) groups excluding carboxylic acids is 1. The zero-order valence-electron chi connectivity index (χ0n) is 5.21. The van der Waals surface area contributed by atoms with Gasteiger partial charge in [0.05, 0.1) is 6.61 Å². The van der Waals surface area contributed by atoms with Gasteiger partial charge in [0, 0.05) is 0 Å². The molecule has 0 saturated heterocycles. The van der Waals surface area contributed by atoms with Gasteiger partial charge in [-0.2, -0.15) is 0 Å². The Kier molecular flexibility index (Phi) is 6.29. The minimum atomic E-state index is -0.280. The van der Waals surface area contributed by atoms with E-state index in [9.17, 15) is 4.79 Å². The molecule has 0 rings (SSSR count). The first-order chi connectivity index (χ1) is 4.31. The van der Waals surface area contributed by atoms with Gasteiger partial charge in [-0.25, -0.2) is 0 Å². The average Bonchev–Trinajstić information content (AvgIpc) is 1.89. The van der Waals surface area contributed by atoms with Crippen molar-refractivity contribution < 1.29 is 9.53 Å². The van der Waals surface area contributed by atoms with Crippen molar-refractivity contribution in [3.63, 3.8) is 0 Å². The summed E-state index contributed by atoms with van der Waals surface area (Å²) in [5.41, 5.74) is 0. The molecule has 0 aromatic carbocycles. The summed E-state index contributed by atoms with van der Waals surface area (Å²) in [6, 6.07) is 0.